The topological polar surface area (TPSA) is 29.1 Å². The van der Waals surface area contributed by atoms with Gasteiger partial charge in [0.15, 0.2) is 0 Å². The van der Waals surface area contributed by atoms with Crippen molar-refractivity contribution in [3.05, 3.63) is 0 Å². The van der Waals surface area contributed by atoms with Crippen LogP contribution in [0.3, 0.4) is 0 Å². The first kappa shape index (κ1) is 11.1. The Labute approximate surface area is 86.5 Å². The molecule has 0 unspecified atom stereocenters. The van der Waals surface area contributed by atoms with Crippen molar-refractivity contribution < 1.29 is 4.79 Å². The van der Waals surface area contributed by atoms with E-state index in [9.17, 15) is 4.79 Å². The molecule has 1 N–H and O–H groups in total. The van der Waals surface area contributed by atoms with Crippen LogP contribution in [-0.4, -0.2) is 12.5 Å². The summed E-state index contributed by atoms with van der Waals surface area (Å²) in [6.45, 7) is 5.21. The van der Waals surface area contributed by atoms with Gasteiger partial charge in [-0.2, -0.15) is 0 Å². The highest BCUT2D eigenvalue weighted by molar-refractivity contribution is 5.76. The summed E-state index contributed by atoms with van der Waals surface area (Å²) >= 11 is 0. The van der Waals surface area contributed by atoms with Crippen LogP contribution in [0.15, 0.2) is 0 Å². The normalized spacial score (nSPS) is 16.1. The Kier molecular flexibility index (Phi) is 3.57. The summed E-state index contributed by atoms with van der Waals surface area (Å²) in [5.74, 6) is 3.35. The molecule has 2 heteroatoms. The summed E-state index contributed by atoms with van der Waals surface area (Å²) in [7, 11) is 0. The molecule has 0 aromatic rings. The molecule has 0 heterocycles. The van der Waals surface area contributed by atoms with Crippen molar-refractivity contribution in [2.45, 2.75) is 39.5 Å². The van der Waals surface area contributed by atoms with Crippen LogP contribution in [0, 0.1) is 23.7 Å². The second-order valence-electron chi connectivity index (χ2n) is 4.74. The molecule has 0 radical (unpaired) electrons. The van der Waals surface area contributed by atoms with Gasteiger partial charge in [0, 0.05) is 19.4 Å². The number of carbonyl (C=O) groups excluding carboxylic acids is 1. The first-order valence-corrected chi connectivity index (χ1v) is 5.26. The third-order valence-corrected chi connectivity index (χ3v) is 2.92. The lowest BCUT2D eigenvalue weighted by Crippen LogP contribution is -2.35. The van der Waals surface area contributed by atoms with Gasteiger partial charge in [-0.1, -0.05) is 13.8 Å². The van der Waals surface area contributed by atoms with E-state index in [0.29, 0.717) is 12.8 Å². The Balaban J connectivity index is 2.19. The number of nitrogens with one attached hydrogen (secondary N) is 1. The minimum absolute atomic E-state index is 0.0803. The first-order valence-electron chi connectivity index (χ1n) is 5.26. The molecule has 1 rings (SSSR count). The molecule has 1 aliphatic carbocycles. The Hall–Kier alpha value is -0.970. The van der Waals surface area contributed by atoms with E-state index in [1.807, 2.05) is 0 Å². The van der Waals surface area contributed by atoms with Crippen LogP contribution < -0.4 is 5.32 Å². The Morgan fingerprint density at radius 3 is 2.71 bits per heavy atom. The Morgan fingerprint density at radius 2 is 2.21 bits per heavy atom. The van der Waals surface area contributed by atoms with E-state index >= 15 is 0 Å². The van der Waals surface area contributed by atoms with E-state index in [0.717, 1.165) is 12.5 Å². The van der Waals surface area contributed by atoms with E-state index in [1.54, 1.807) is 0 Å². The molecule has 2 nitrogen and oxygen atoms in total. The summed E-state index contributed by atoms with van der Waals surface area (Å²) in [6, 6.07) is 0. The average Bonchev–Trinajstić information content (AvgIpc) is 2.94. The minimum atomic E-state index is 0.0803. The van der Waals surface area contributed by atoms with Crippen molar-refractivity contribution >= 4 is 5.91 Å². The molecule has 0 atom stereocenters. The fourth-order valence-electron chi connectivity index (χ4n) is 1.61. The lowest BCUT2D eigenvalue weighted by molar-refractivity contribution is -0.121. The summed E-state index contributed by atoms with van der Waals surface area (Å²) < 4.78 is 0. The van der Waals surface area contributed by atoms with Gasteiger partial charge >= 0.3 is 0 Å². The van der Waals surface area contributed by atoms with Crippen LogP contribution in [0.1, 0.15) is 39.5 Å². The predicted molar refractivity (Wildman–Crippen MR) is 57.6 cm³/mol. The highest BCUT2D eigenvalue weighted by Gasteiger charge is 2.37. The standard InChI is InChI=1S/C12H19NO/c1-4-5-6-11(14)13-9-12(2,3)10-7-8-10/h1,10H,5-9H2,2-3H3,(H,13,14). The number of terminal acetylenes is 1. The SMILES string of the molecule is C#CCCC(=O)NCC(C)(C)C1CC1. The monoisotopic (exact) mass is 193 g/mol. The number of hydrogen-bond acceptors (Lipinski definition) is 1. The predicted octanol–water partition coefficient (Wildman–Crippen LogP) is 1.95. The maximum absolute atomic E-state index is 11.3. The van der Waals surface area contributed by atoms with Crippen molar-refractivity contribution in [3.8, 4) is 12.3 Å². The fraction of sp³-hybridized carbons (Fsp3) is 0.750. The Bertz CT molecular complexity index is 246. The molecular weight excluding hydrogens is 174 g/mol. The maximum atomic E-state index is 11.3. The van der Waals surface area contributed by atoms with Crippen LogP contribution in [0.2, 0.25) is 0 Å². The number of rotatable bonds is 5. The first-order chi connectivity index (χ1) is 6.56. The van der Waals surface area contributed by atoms with Gasteiger partial charge in [-0.05, 0) is 24.2 Å². The molecule has 0 spiro atoms. The van der Waals surface area contributed by atoms with Crippen LogP contribution >= 0.6 is 0 Å². The van der Waals surface area contributed by atoms with Crippen molar-refractivity contribution in [3.63, 3.8) is 0 Å². The quantitative estimate of drug-likeness (QED) is 0.664. The highest BCUT2D eigenvalue weighted by Crippen LogP contribution is 2.44. The zero-order valence-electron chi connectivity index (χ0n) is 9.10. The van der Waals surface area contributed by atoms with E-state index in [1.165, 1.54) is 12.8 Å². The number of amides is 1. The molecule has 0 aromatic carbocycles. The summed E-state index contributed by atoms with van der Waals surface area (Å²) in [4.78, 5) is 11.3. The van der Waals surface area contributed by atoms with E-state index in [-0.39, 0.29) is 11.3 Å². The molecule has 0 saturated heterocycles. The number of carbonyl (C=O) groups is 1. The van der Waals surface area contributed by atoms with Gasteiger partial charge in [0.05, 0.1) is 0 Å². The molecule has 78 valence electrons. The molecule has 1 saturated carbocycles. The molecule has 0 aliphatic heterocycles. The van der Waals surface area contributed by atoms with Crippen LogP contribution in [0.5, 0.6) is 0 Å². The highest BCUT2D eigenvalue weighted by atomic mass is 16.1. The molecule has 1 amide bonds. The fourth-order valence-corrected chi connectivity index (χ4v) is 1.61. The zero-order chi connectivity index (χ0) is 10.6. The van der Waals surface area contributed by atoms with Crippen molar-refractivity contribution in [2.75, 3.05) is 6.54 Å². The van der Waals surface area contributed by atoms with Gasteiger partial charge in [-0.15, -0.1) is 12.3 Å². The Morgan fingerprint density at radius 1 is 1.57 bits per heavy atom. The van der Waals surface area contributed by atoms with Crippen molar-refractivity contribution in [1.82, 2.24) is 5.32 Å². The van der Waals surface area contributed by atoms with Gasteiger partial charge in [-0.3, -0.25) is 4.79 Å². The molecule has 1 fully saturated rings. The largest absolute Gasteiger partial charge is 0.356 e. The lowest BCUT2D eigenvalue weighted by Gasteiger charge is -2.24. The van der Waals surface area contributed by atoms with Gasteiger partial charge in [-0.25, -0.2) is 0 Å². The van der Waals surface area contributed by atoms with Gasteiger partial charge in [0.1, 0.15) is 0 Å². The maximum Gasteiger partial charge on any atom is 0.220 e. The lowest BCUT2D eigenvalue weighted by atomic mass is 9.87. The van der Waals surface area contributed by atoms with Crippen LogP contribution in [-0.2, 0) is 4.79 Å². The molecule has 1 aliphatic rings. The van der Waals surface area contributed by atoms with E-state index in [4.69, 9.17) is 6.42 Å². The number of hydrogen-bond donors (Lipinski definition) is 1. The van der Waals surface area contributed by atoms with E-state index < -0.39 is 0 Å². The van der Waals surface area contributed by atoms with Crippen LogP contribution in [0.25, 0.3) is 0 Å². The second-order valence-corrected chi connectivity index (χ2v) is 4.74. The van der Waals surface area contributed by atoms with Gasteiger partial charge < -0.3 is 5.32 Å². The van der Waals surface area contributed by atoms with Crippen molar-refractivity contribution in [2.24, 2.45) is 11.3 Å². The third kappa shape index (κ3) is 3.41. The summed E-state index contributed by atoms with van der Waals surface area (Å²) in [6.07, 6.45) is 8.71. The summed E-state index contributed by atoms with van der Waals surface area (Å²) in [5, 5.41) is 2.94. The van der Waals surface area contributed by atoms with E-state index in [2.05, 4.69) is 25.1 Å². The van der Waals surface area contributed by atoms with Crippen molar-refractivity contribution in [1.29, 1.82) is 0 Å². The smallest absolute Gasteiger partial charge is 0.220 e. The zero-order valence-corrected chi connectivity index (χ0v) is 9.10. The average molecular weight is 193 g/mol. The summed E-state index contributed by atoms with van der Waals surface area (Å²) in [5.41, 5.74) is 0.256. The molecule has 14 heavy (non-hydrogen) atoms. The second kappa shape index (κ2) is 4.50. The third-order valence-electron chi connectivity index (χ3n) is 2.92. The molecule has 0 aromatic heterocycles. The van der Waals surface area contributed by atoms with Crippen LogP contribution in [0.4, 0.5) is 0 Å². The van der Waals surface area contributed by atoms with Gasteiger partial charge in [0.25, 0.3) is 0 Å². The minimum Gasteiger partial charge on any atom is -0.356 e. The molecule has 0 bridgehead atoms. The molecular formula is C12H19NO. The van der Waals surface area contributed by atoms with Gasteiger partial charge in [0.2, 0.25) is 5.91 Å².